The van der Waals surface area contributed by atoms with Crippen LogP contribution in [-0.2, 0) is 0 Å². The van der Waals surface area contributed by atoms with E-state index in [-0.39, 0.29) is 5.91 Å². The van der Waals surface area contributed by atoms with Crippen molar-refractivity contribution in [2.24, 2.45) is 0 Å². The summed E-state index contributed by atoms with van der Waals surface area (Å²) in [5.41, 5.74) is 2.26. The maximum Gasteiger partial charge on any atom is 0.253 e. The normalized spacial score (nSPS) is 15.2. The molecular formula is C18H20ClN3O. The van der Waals surface area contributed by atoms with E-state index in [1.807, 2.05) is 30.3 Å². The molecule has 4 nitrogen and oxygen atoms in total. The molecule has 1 amide bonds. The van der Waals surface area contributed by atoms with Crippen LogP contribution in [0.1, 0.15) is 42.5 Å². The molecule has 5 heteroatoms. The van der Waals surface area contributed by atoms with E-state index >= 15 is 0 Å². The van der Waals surface area contributed by atoms with Gasteiger partial charge in [0.15, 0.2) is 0 Å². The fourth-order valence-electron chi connectivity index (χ4n) is 2.85. The maximum absolute atomic E-state index is 12.4. The number of nitrogens with zero attached hydrogens (tertiary/aromatic N) is 1. The number of carbonyl (C=O) groups excluding carboxylic acids is 1. The third kappa shape index (κ3) is 4.45. The van der Waals surface area contributed by atoms with Crippen LogP contribution in [0.3, 0.4) is 0 Å². The summed E-state index contributed by atoms with van der Waals surface area (Å²) >= 11 is 5.88. The monoisotopic (exact) mass is 329 g/mol. The summed E-state index contributed by atoms with van der Waals surface area (Å²) < 4.78 is 0. The molecule has 2 aromatic rings. The van der Waals surface area contributed by atoms with Gasteiger partial charge in [0.25, 0.3) is 5.91 Å². The van der Waals surface area contributed by atoms with Crippen LogP contribution in [0.15, 0.2) is 42.7 Å². The molecule has 23 heavy (non-hydrogen) atoms. The van der Waals surface area contributed by atoms with Gasteiger partial charge in [-0.15, -0.1) is 0 Å². The van der Waals surface area contributed by atoms with Crippen molar-refractivity contribution in [3.05, 3.63) is 53.3 Å². The van der Waals surface area contributed by atoms with Crippen molar-refractivity contribution in [1.29, 1.82) is 0 Å². The summed E-state index contributed by atoms with van der Waals surface area (Å²) in [5.74, 6) is -0.0517. The average Bonchev–Trinajstić information content (AvgIpc) is 2.58. The lowest BCUT2D eigenvalue weighted by atomic mass is 9.95. The summed E-state index contributed by atoms with van der Waals surface area (Å²) in [5, 5.41) is 7.03. The van der Waals surface area contributed by atoms with Gasteiger partial charge in [0, 0.05) is 22.9 Å². The number of rotatable bonds is 4. The van der Waals surface area contributed by atoms with Gasteiger partial charge in [-0.25, -0.2) is 0 Å². The molecule has 0 radical (unpaired) electrons. The van der Waals surface area contributed by atoms with Crippen LogP contribution in [0.25, 0.3) is 0 Å². The molecular weight excluding hydrogens is 310 g/mol. The van der Waals surface area contributed by atoms with Gasteiger partial charge in [0.1, 0.15) is 0 Å². The quantitative estimate of drug-likeness (QED) is 0.865. The Labute approximate surface area is 141 Å². The van der Waals surface area contributed by atoms with Gasteiger partial charge in [-0.2, -0.15) is 0 Å². The Bertz CT molecular complexity index is 666. The molecule has 120 valence electrons. The van der Waals surface area contributed by atoms with Crippen molar-refractivity contribution >= 4 is 28.9 Å². The highest BCUT2D eigenvalue weighted by Gasteiger charge is 2.17. The second kappa shape index (κ2) is 7.47. The molecule has 0 atom stereocenters. The highest BCUT2D eigenvalue weighted by molar-refractivity contribution is 6.30. The second-order valence-corrected chi connectivity index (χ2v) is 6.34. The van der Waals surface area contributed by atoms with Crippen LogP contribution in [0.4, 0.5) is 11.4 Å². The molecule has 1 saturated carbocycles. The van der Waals surface area contributed by atoms with Crippen LogP contribution >= 0.6 is 11.6 Å². The lowest BCUT2D eigenvalue weighted by Gasteiger charge is -2.22. The van der Waals surface area contributed by atoms with E-state index < -0.39 is 0 Å². The van der Waals surface area contributed by atoms with Gasteiger partial charge in [0.05, 0.1) is 17.4 Å². The van der Waals surface area contributed by atoms with Crippen LogP contribution in [0.2, 0.25) is 5.02 Å². The summed E-state index contributed by atoms with van der Waals surface area (Å²) in [6.45, 7) is 0. The first kappa shape index (κ1) is 15.8. The first-order valence-electron chi connectivity index (χ1n) is 7.99. The van der Waals surface area contributed by atoms with Crippen LogP contribution < -0.4 is 10.6 Å². The predicted molar refractivity (Wildman–Crippen MR) is 93.3 cm³/mol. The number of aromatic nitrogens is 1. The smallest absolute Gasteiger partial charge is 0.253 e. The van der Waals surface area contributed by atoms with E-state index in [0.717, 1.165) is 24.2 Å². The number of halogens is 1. The number of pyridine rings is 1. The van der Waals surface area contributed by atoms with E-state index in [1.165, 1.54) is 19.3 Å². The minimum Gasteiger partial charge on any atom is -0.354 e. The lowest BCUT2D eigenvalue weighted by molar-refractivity contribution is 0.0927. The second-order valence-electron chi connectivity index (χ2n) is 5.90. The highest BCUT2D eigenvalue weighted by atomic mass is 35.5. The Balaban J connectivity index is 1.66. The predicted octanol–water partition coefficient (Wildman–Crippen LogP) is 4.54. The zero-order valence-electron chi connectivity index (χ0n) is 12.9. The topological polar surface area (TPSA) is 54.0 Å². The number of anilines is 2. The summed E-state index contributed by atoms with van der Waals surface area (Å²) in [6.07, 6.45) is 9.11. The van der Waals surface area contributed by atoms with Crippen LogP contribution in [0, 0.1) is 0 Å². The van der Waals surface area contributed by atoms with Crippen molar-refractivity contribution in [3.63, 3.8) is 0 Å². The van der Waals surface area contributed by atoms with Gasteiger partial charge in [-0.05, 0) is 43.2 Å². The third-order valence-electron chi connectivity index (χ3n) is 4.07. The van der Waals surface area contributed by atoms with Gasteiger partial charge >= 0.3 is 0 Å². The van der Waals surface area contributed by atoms with Crippen molar-refractivity contribution in [3.8, 4) is 0 Å². The van der Waals surface area contributed by atoms with Crippen LogP contribution in [-0.4, -0.2) is 16.9 Å². The summed E-state index contributed by atoms with van der Waals surface area (Å²) in [4.78, 5) is 16.5. The molecule has 1 aliphatic rings. The van der Waals surface area contributed by atoms with Crippen molar-refractivity contribution < 1.29 is 4.79 Å². The Morgan fingerprint density at radius 3 is 2.52 bits per heavy atom. The molecule has 1 heterocycles. The minimum atomic E-state index is -0.0517. The maximum atomic E-state index is 12.4. The van der Waals surface area contributed by atoms with E-state index in [0.29, 0.717) is 16.6 Å². The van der Waals surface area contributed by atoms with Gasteiger partial charge in [-0.1, -0.05) is 30.9 Å². The summed E-state index contributed by atoms with van der Waals surface area (Å²) in [7, 11) is 0. The molecule has 0 unspecified atom stereocenters. The first-order valence-corrected chi connectivity index (χ1v) is 8.37. The first-order chi connectivity index (χ1) is 11.2. The molecule has 0 spiro atoms. The molecule has 2 N–H and O–H groups in total. The number of nitrogens with one attached hydrogen (secondary N) is 2. The van der Waals surface area contributed by atoms with E-state index in [2.05, 4.69) is 15.6 Å². The number of hydrogen-bond acceptors (Lipinski definition) is 3. The molecule has 0 saturated heterocycles. The van der Waals surface area contributed by atoms with Gasteiger partial charge in [-0.3, -0.25) is 9.78 Å². The Hall–Kier alpha value is -2.07. The highest BCUT2D eigenvalue weighted by Crippen LogP contribution is 2.20. The zero-order chi connectivity index (χ0) is 16.1. The molecule has 1 aromatic heterocycles. The van der Waals surface area contributed by atoms with E-state index in [1.54, 1.807) is 12.4 Å². The average molecular weight is 330 g/mol. The number of benzene rings is 1. The minimum absolute atomic E-state index is 0.0517. The number of amides is 1. The van der Waals surface area contributed by atoms with E-state index in [4.69, 9.17) is 11.6 Å². The molecule has 0 aliphatic heterocycles. The largest absolute Gasteiger partial charge is 0.354 e. The van der Waals surface area contributed by atoms with Gasteiger partial charge < -0.3 is 10.6 Å². The fourth-order valence-corrected chi connectivity index (χ4v) is 2.97. The van der Waals surface area contributed by atoms with Gasteiger partial charge in [0.2, 0.25) is 0 Å². The Kier molecular flexibility index (Phi) is 5.13. The summed E-state index contributed by atoms with van der Waals surface area (Å²) in [6, 6.07) is 9.52. The Morgan fingerprint density at radius 2 is 1.78 bits per heavy atom. The zero-order valence-corrected chi connectivity index (χ0v) is 13.6. The molecule has 0 bridgehead atoms. The number of carbonyl (C=O) groups is 1. The van der Waals surface area contributed by atoms with E-state index in [9.17, 15) is 4.79 Å². The molecule has 1 aliphatic carbocycles. The molecule has 3 rings (SSSR count). The third-order valence-corrected chi connectivity index (χ3v) is 4.33. The SMILES string of the molecule is O=C(NC1CCCCC1)c1cncc(Nc2ccc(Cl)cc2)c1. The molecule has 1 aromatic carbocycles. The molecule has 1 fully saturated rings. The Morgan fingerprint density at radius 1 is 1.04 bits per heavy atom. The van der Waals surface area contributed by atoms with Crippen LogP contribution in [0.5, 0.6) is 0 Å². The standard InChI is InChI=1S/C18H20ClN3O/c19-14-6-8-16(9-7-14)21-17-10-13(11-20-12-17)18(23)22-15-4-2-1-3-5-15/h6-12,15,21H,1-5H2,(H,22,23). The number of hydrogen-bond donors (Lipinski definition) is 2. The van der Waals surface area contributed by atoms with Crippen molar-refractivity contribution in [2.75, 3.05) is 5.32 Å². The fraction of sp³-hybridized carbons (Fsp3) is 0.333. The van der Waals surface area contributed by atoms with Crippen molar-refractivity contribution in [2.45, 2.75) is 38.1 Å². The lowest BCUT2D eigenvalue weighted by Crippen LogP contribution is -2.36. The van der Waals surface area contributed by atoms with Crippen molar-refractivity contribution in [1.82, 2.24) is 10.3 Å².